The molecule has 21 heavy (non-hydrogen) atoms. The summed E-state index contributed by atoms with van der Waals surface area (Å²) in [5.74, 6) is 3.73. The van der Waals surface area contributed by atoms with Crippen LogP contribution in [0.15, 0.2) is 18.2 Å². The van der Waals surface area contributed by atoms with Gasteiger partial charge in [0.25, 0.3) is 0 Å². The number of hydrogen-bond donors (Lipinski definition) is 1. The largest absolute Gasteiger partial charge is 0.496 e. The highest BCUT2D eigenvalue weighted by Gasteiger charge is 2.39. The standard InChI is InChI=1S/C18H28N2O/c1-12(19)18-16(5-4-6-17(18)21-3)20(2)11-15-10-13-7-8-14(15)9-13/h4-6,12-15H,7-11,19H2,1-3H3/t12-,13?,14?,15?/m0/s1. The van der Waals surface area contributed by atoms with Crippen LogP contribution in [0.5, 0.6) is 5.75 Å². The molecule has 2 N–H and O–H groups in total. The molecular weight excluding hydrogens is 260 g/mol. The third kappa shape index (κ3) is 2.76. The maximum absolute atomic E-state index is 6.19. The van der Waals surface area contributed by atoms with E-state index >= 15 is 0 Å². The minimum atomic E-state index is -0.0152. The zero-order chi connectivity index (χ0) is 15.0. The summed E-state index contributed by atoms with van der Waals surface area (Å²) in [6.07, 6.45) is 5.81. The number of methoxy groups -OCH3 is 1. The van der Waals surface area contributed by atoms with E-state index in [2.05, 4.69) is 24.1 Å². The number of rotatable bonds is 5. The Morgan fingerprint density at radius 1 is 1.33 bits per heavy atom. The summed E-state index contributed by atoms with van der Waals surface area (Å²) < 4.78 is 5.51. The second-order valence-electron chi connectivity index (χ2n) is 7.00. The van der Waals surface area contributed by atoms with Crippen molar-refractivity contribution in [3.8, 4) is 5.75 Å². The maximum Gasteiger partial charge on any atom is 0.125 e. The van der Waals surface area contributed by atoms with E-state index in [0.717, 1.165) is 35.6 Å². The first-order chi connectivity index (χ1) is 10.1. The zero-order valence-corrected chi connectivity index (χ0v) is 13.5. The van der Waals surface area contributed by atoms with E-state index in [0.29, 0.717) is 0 Å². The van der Waals surface area contributed by atoms with E-state index in [9.17, 15) is 0 Å². The number of benzene rings is 1. The van der Waals surface area contributed by atoms with Crippen LogP contribution in [0.2, 0.25) is 0 Å². The van der Waals surface area contributed by atoms with Crippen molar-refractivity contribution in [1.82, 2.24) is 0 Å². The van der Waals surface area contributed by atoms with Crippen molar-refractivity contribution >= 4 is 5.69 Å². The molecule has 0 heterocycles. The van der Waals surface area contributed by atoms with Gasteiger partial charge in [0.1, 0.15) is 5.75 Å². The molecule has 0 spiro atoms. The van der Waals surface area contributed by atoms with Gasteiger partial charge < -0.3 is 15.4 Å². The van der Waals surface area contributed by atoms with Gasteiger partial charge in [-0.1, -0.05) is 12.5 Å². The monoisotopic (exact) mass is 288 g/mol. The number of nitrogens with zero attached hydrogens (tertiary/aromatic N) is 1. The average Bonchev–Trinajstić information content (AvgIpc) is 3.08. The smallest absolute Gasteiger partial charge is 0.125 e. The lowest BCUT2D eigenvalue weighted by Crippen LogP contribution is -2.30. The van der Waals surface area contributed by atoms with Crippen molar-refractivity contribution in [3.63, 3.8) is 0 Å². The van der Waals surface area contributed by atoms with Gasteiger partial charge in [0, 0.05) is 30.9 Å². The number of fused-ring (bicyclic) bond motifs is 2. The van der Waals surface area contributed by atoms with Gasteiger partial charge in [0.15, 0.2) is 0 Å². The quantitative estimate of drug-likeness (QED) is 0.900. The Bertz CT molecular complexity index is 500. The van der Waals surface area contributed by atoms with Crippen LogP contribution >= 0.6 is 0 Å². The molecule has 2 aliphatic carbocycles. The first kappa shape index (κ1) is 14.7. The molecule has 2 saturated carbocycles. The molecule has 0 aliphatic heterocycles. The summed E-state index contributed by atoms with van der Waals surface area (Å²) in [5, 5.41) is 0. The summed E-state index contributed by atoms with van der Waals surface area (Å²) in [6.45, 7) is 3.18. The van der Waals surface area contributed by atoms with Crippen LogP contribution in [-0.4, -0.2) is 20.7 Å². The average molecular weight is 288 g/mol. The SMILES string of the molecule is COc1cccc(N(C)CC2CC3CCC2C3)c1[C@H](C)N. The number of ether oxygens (including phenoxy) is 1. The highest BCUT2D eigenvalue weighted by Crippen LogP contribution is 2.48. The van der Waals surface area contributed by atoms with Crippen LogP contribution in [0.3, 0.4) is 0 Å². The lowest BCUT2D eigenvalue weighted by molar-refractivity contribution is 0.337. The molecule has 116 valence electrons. The first-order valence-electron chi connectivity index (χ1n) is 8.23. The van der Waals surface area contributed by atoms with Gasteiger partial charge in [0.2, 0.25) is 0 Å². The Balaban J connectivity index is 1.79. The molecule has 2 fully saturated rings. The van der Waals surface area contributed by atoms with Gasteiger partial charge in [0.05, 0.1) is 7.11 Å². The van der Waals surface area contributed by atoms with Crippen LogP contribution in [0.4, 0.5) is 5.69 Å². The van der Waals surface area contributed by atoms with Crippen LogP contribution in [0.1, 0.15) is 44.2 Å². The molecule has 3 unspecified atom stereocenters. The van der Waals surface area contributed by atoms with E-state index in [-0.39, 0.29) is 6.04 Å². The Morgan fingerprint density at radius 3 is 2.71 bits per heavy atom. The van der Waals surface area contributed by atoms with E-state index in [1.54, 1.807) is 7.11 Å². The highest BCUT2D eigenvalue weighted by atomic mass is 16.5. The predicted octanol–water partition coefficient (Wildman–Crippen LogP) is 3.59. The summed E-state index contributed by atoms with van der Waals surface area (Å²) in [4.78, 5) is 2.40. The summed E-state index contributed by atoms with van der Waals surface area (Å²) in [6, 6.07) is 6.23. The molecule has 1 aromatic rings. The molecule has 3 nitrogen and oxygen atoms in total. The highest BCUT2D eigenvalue weighted by molar-refractivity contribution is 5.60. The van der Waals surface area contributed by atoms with Crippen molar-refractivity contribution in [2.75, 3.05) is 25.6 Å². The van der Waals surface area contributed by atoms with Gasteiger partial charge in [-0.25, -0.2) is 0 Å². The van der Waals surface area contributed by atoms with Crippen molar-refractivity contribution < 1.29 is 4.74 Å². The summed E-state index contributed by atoms with van der Waals surface area (Å²) in [5.41, 5.74) is 8.55. The maximum atomic E-state index is 6.19. The lowest BCUT2D eigenvalue weighted by Gasteiger charge is -2.31. The van der Waals surface area contributed by atoms with E-state index in [1.807, 2.05) is 13.0 Å². The minimum Gasteiger partial charge on any atom is -0.496 e. The molecule has 0 saturated heterocycles. The van der Waals surface area contributed by atoms with Crippen LogP contribution in [0, 0.1) is 17.8 Å². The number of hydrogen-bond acceptors (Lipinski definition) is 3. The fraction of sp³-hybridized carbons (Fsp3) is 0.667. The third-order valence-electron chi connectivity index (χ3n) is 5.52. The number of anilines is 1. The molecule has 2 aliphatic rings. The predicted molar refractivity (Wildman–Crippen MR) is 87.8 cm³/mol. The van der Waals surface area contributed by atoms with Crippen molar-refractivity contribution in [2.45, 2.75) is 38.6 Å². The van der Waals surface area contributed by atoms with E-state index in [4.69, 9.17) is 10.5 Å². The van der Waals surface area contributed by atoms with Crippen molar-refractivity contribution in [3.05, 3.63) is 23.8 Å². The Morgan fingerprint density at radius 2 is 2.14 bits per heavy atom. The molecule has 1 aromatic carbocycles. The van der Waals surface area contributed by atoms with Gasteiger partial charge in [-0.2, -0.15) is 0 Å². The molecule has 0 aromatic heterocycles. The van der Waals surface area contributed by atoms with Crippen LogP contribution in [-0.2, 0) is 0 Å². The van der Waals surface area contributed by atoms with E-state index < -0.39 is 0 Å². The van der Waals surface area contributed by atoms with Gasteiger partial charge in [-0.3, -0.25) is 0 Å². The Kier molecular flexibility index (Phi) is 4.12. The van der Waals surface area contributed by atoms with Crippen molar-refractivity contribution in [1.29, 1.82) is 0 Å². The Hall–Kier alpha value is -1.22. The van der Waals surface area contributed by atoms with Gasteiger partial charge in [-0.15, -0.1) is 0 Å². The summed E-state index contributed by atoms with van der Waals surface area (Å²) in [7, 11) is 3.92. The van der Waals surface area contributed by atoms with Crippen molar-refractivity contribution in [2.24, 2.45) is 23.5 Å². The van der Waals surface area contributed by atoms with Gasteiger partial charge >= 0.3 is 0 Å². The molecule has 2 bridgehead atoms. The third-order valence-corrected chi connectivity index (χ3v) is 5.52. The second-order valence-corrected chi connectivity index (χ2v) is 7.00. The van der Waals surface area contributed by atoms with Crippen LogP contribution < -0.4 is 15.4 Å². The zero-order valence-electron chi connectivity index (χ0n) is 13.5. The fourth-order valence-electron chi connectivity index (χ4n) is 4.55. The molecular formula is C18H28N2O. The minimum absolute atomic E-state index is 0.0152. The molecule has 0 radical (unpaired) electrons. The molecule has 3 rings (SSSR count). The molecule has 4 atom stereocenters. The summed E-state index contributed by atoms with van der Waals surface area (Å²) >= 11 is 0. The molecule has 3 heteroatoms. The molecule has 0 amide bonds. The second kappa shape index (κ2) is 5.88. The lowest BCUT2D eigenvalue weighted by atomic mass is 9.88. The normalized spacial score (nSPS) is 28.7. The topological polar surface area (TPSA) is 38.5 Å². The number of nitrogens with two attached hydrogens (primary N) is 1. The van der Waals surface area contributed by atoms with Gasteiger partial charge in [-0.05, 0) is 56.1 Å². The fourth-order valence-corrected chi connectivity index (χ4v) is 4.55. The Labute approximate surface area is 128 Å². The first-order valence-corrected chi connectivity index (χ1v) is 8.23. The van der Waals surface area contributed by atoms with Crippen LogP contribution in [0.25, 0.3) is 0 Å². The van der Waals surface area contributed by atoms with E-state index in [1.165, 1.54) is 31.4 Å².